The summed E-state index contributed by atoms with van der Waals surface area (Å²) in [5.74, 6) is -0.388. The molecule has 0 radical (unpaired) electrons. The van der Waals surface area contributed by atoms with Crippen molar-refractivity contribution in [3.05, 3.63) is 24.0 Å². The molecule has 2 amide bonds. The number of ether oxygens (including phenoxy) is 2. The molecule has 2 aromatic rings. The van der Waals surface area contributed by atoms with Gasteiger partial charge in [-0.2, -0.15) is 9.61 Å². The molecule has 10 nitrogen and oxygen atoms in total. The fraction of sp³-hybridized carbons (Fsp3) is 0.550. The predicted molar refractivity (Wildman–Crippen MR) is 106 cm³/mol. The summed E-state index contributed by atoms with van der Waals surface area (Å²) in [6.45, 7) is 0.521. The zero-order chi connectivity index (χ0) is 21.4. The second kappa shape index (κ2) is 7.58. The fourth-order valence-corrected chi connectivity index (χ4v) is 4.69. The summed E-state index contributed by atoms with van der Waals surface area (Å²) in [5, 5.41) is 9.83. The molecule has 0 spiro atoms. The van der Waals surface area contributed by atoms with E-state index in [1.807, 2.05) is 0 Å². The number of nitrogens with zero attached hydrogens (tertiary/aromatic N) is 3. The Morgan fingerprint density at radius 1 is 1.10 bits per heavy atom. The summed E-state index contributed by atoms with van der Waals surface area (Å²) in [4.78, 5) is 40.8. The first-order chi connectivity index (χ1) is 14.4. The molecule has 0 unspecified atom stereocenters. The Morgan fingerprint density at radius 2 is 1.80 bits per heavy atom. The van der Waals surface area contributed by atoms with Gasteiger partial charge in [0.1, 0.15) is 5.82 Å². The van der Waals surface area contributed by atoms with Gasteiger partial charge in [0.25, 0.3) is 0 Å². The maximum atomic E-state index is 12.6. The molecule has 0 aliphatic heterocycles. The number of aromatic nitrogens is 3. The Balaban J connectivity index is 1.41. The monoisotopic (exact) mass is 415 g/mol. The van der Waals surface area contributed by atoms with Crippen LogP contribution in [0.5, 0.6) is 0 Å². The summed E-state index contributed by atoms with van der Waals surface area (Å²) in [5.41, 5.74) is 0.165. The number of carbonyl (C=O) groups is 3. The highest BCUT2D eigenvalue weighted by molar-refractivity contribution is 5.92. The SMILES string of the molecule is COC(=O)c1cc(NC(=O)NCC23CCC(C(=O)OC)(CC2)CC3)n2nccc2n1. The number of nitrogens with one attached hydrogen (secondary N) is 2. The molecule has 3 aliphatic rings. The third-order valence-electron chi connectivity index (χ3n) is 6.64. The molecule has 2 heterocycles. The van der Waals surface area contributed by atoms with Gasteiger partial charge in [0.05, 0.1) is 25.8 Å². The van der Waals surface area contributed by atoms with Gasteiger partial charge in [-0.15, -0.1) is 0 Å². The summed E-state index contributed by atoms with van der Waals surface area (Å²) >= 11 is 0. The van der Waals surface area contributed by atoms with E-state index in [-0.39, 0.29) is 22.5 Å². The number of esters is 2. The maximum Gasteiger partial charge on any atom is 0.356 e. The van der Waals surface area contributed by atoms with Crippen molar-refractivity contribution in [1.82, 2.24) is 19.9 Å². The highest BCUT2D eigenvalue weighted by Gasteiger charge is 2.52. The van der Waals surface area contributed by atoms with Crippen LogP contribution >= 0.6 is 0 Å². The molecule has 2 bridgehead atoms. The molecule has 5 rings (SSSR count). The van der Waals surface area contributed by atoms with Gasteiger partial charge in [-0.3, -0.25) is 10.1 Å². The average molecular weight is 415 g/mol. The minimum absolute atomic E-state index is 0.00352. The molecule has 2 N–H and O–H groups in total. The molecule has 3 fully saturated rings. The van der Waals surface area contributed by atoms with Crippen molar-refractivity contribution in [3.63, 3.8) is 0 Å². The lowest BCUT2D eigenvalue weighted by molar-refractivity contribution is -0.162. The van der Waals surface area contributed by atoms with E-state index in [4.69, 9.17) is 9.47 Å². The summed E-state index contributed by atoms with van der Waals surface area (Å²) < 4.78 is 11.2. The van der Waals surface area contributed by atoms with E-state index in [1.165, 1.54) is 31.0 Å². The third-order valence-corrected chi connectivity index (χ3v) is 6.64. The molecule has 0 saturated heterocycles. The van der Waals surface area contributed by atoms with Crippen LogP contribution in [0.2, 0.25) is 0 Å². The van der Waals surface area contributed by atoms with Gasteiger partial charge < -0.3 is 14.8 Å². The van der Waals surface area contributed by atoms with Gasteiger partial charge in [-0.1, -0.05) is 0 Å². The van der Waals surface area contributed by atoms with Crippen molar-refractivity contribution in [2.24, 2.45) is 10.8 Å². The van der Waals surface area contributed by atoms with Crippen LogP contribution < -0.4 is 10.6 Å². The van der Waals surface area contributed by atoms with Gasteiger partial charge in [0.15, 0.2) is 11.3 Å². The van der Waals surface area contributed by atoms with Crippen LogP contribution in [0.25, 0.3) is 5.65 Å². The minimum atomic E-state index is -0.598. The van der Waals surface area contributed by atoms with Crippen molar-refractivity contribution in [1.29, 1.82) is 0 Å². The predicted octanol–water partition coefficient (Wildman–Crippen LogP) is 2.15. The lowest BCUT2D eigenvalue weighted by Gasteiger charge is -2.51. The molecular formula is C20H25N5O5. The average Bonchev–Trinajstić information content (AvgIpc) is 3.27. The second-order valence-corrected chi connectivity index (χ2v) is 8.20. The highest BCUT2D eigenvalue weighted by Crippen LogP contribution is 2.57. The Labute approximate surface area is 173 Å². The van der Waals surface area contributed by atoms with Crippen LogP contribution in [0.15, 0.2) is 18.3 Å². The number of fused-ring (bicyclic) bond motifs is 4. The number of anilines is 1. The van der Waals surface area contributed by atoms with E-state index in [9.17, 15) is 14.4 Å². The van der Waals surface area contributed by atoms with Crippen LogP contribution in [-0.4, -0.2) is 53.3 Å². The van der Waals surface area contributed by atoms with Gasteiger partial charge in [-0.05, 0) is 43.9 Å². The van der Waals surface area contributed by atoms with Crippen LogP contribution in [0.3, 0.4) is 0 Å². The number of hydrogen-bond acceptors (Lipinski definition) is 7. The number of urea groups is 1. The summed E-state index contributed by atoms with van der Waals surface area (Å²) in [7, 11) is 2.72. The van der Waals surface area contributed by atoms with Crippen molar-refractivity contribution >= 4 is 29.4 Å². The highest BCUT2D eigenvalue weighted by atomic mass is 16.5. The van der Waals surface area contributed by atoms with Crippen molar-refractivity contribution < 1.29 is 23.9 Å². The molecule has 10 heteroatoms. The number of rotatable bonds is 5. The number of methoxy groups -OCH3 is 2. The van der Waals surface area contributed by atoms with E-state index >= 15 is 0 Å². The molecule has 160 valence electrons. The molecule has 30 heavy (non-hydrogen) atoms. The number of carbonyl (C=O) groups excluding carboxylic acids is 3. The van der Waals surface area contributed by atoms with Crippen LogP contribution in [-0.2, 0) is 14.3 Å². The first-order valence-corrected chi connectivity index (χ1v) is 9.97. The summed E-state index contributed by atoms with van der Waals surface area (Å²) in [6.07, 6.45) is 6.56. The zero-order valence-corrected chi connectivity index (χ0v) is 17.1. The van der Waals surface area contributed by atoms with E-state index < -0.39 is 12.0 Å². The Bertz CT molecular complexity index is 976. The van der Waals surface area contributed by atoms with Crippen molar-refractivity contribution in [2.75, 3.05) is 26.1 Å². The Morgan fingerprint density at radius 3 is 2.43 bits per heavy atom. The molecular weight excluding hydrogens is 390 g/mol. The van der Waals surface area contributed by atoms with E-state index in [0.29, 0.717) is 18.0 Å². The minimum Gasteiger partial charge on any atom is -0.469 e. The Kier molecular flexibility index (Phi) is 5.08. The number of hydrogen-bond donors (Lipinski definition) is 2. The van der Waals surface area contributed by atoms with Gasteiger partial charge in [0.2, 0.25) is 0 Å². The summed E-state index contributed by atoms with van der Waals surface area (Å²) in [6, 6.07) is 2.67. The molecule has 3 saturated carbocycles. The Hall–Kier alpha value is -3.17. The lowest BCUT2D eigenvalue weighted by atomic mass is 9.53. The first kappa shape index (κ1) is 20.1. The molecule has 2 aromatic heterocycles. The zero-order valence-electron chi connectivity index (χ0n) is 17.1. The maximum absolute atomic E-state index is 12.6. The van der Waals surface area contributed by atoms with E-state index in [1.54, 1.807) is 6.07 Å². The largest absolute Gasteiger partial charge is 0.469 e. The van der Waals surface area contributed by atoms with Crippen molar-refractivity contribution in [3.8, 4) is 0 Å². The fourth-order valence-electron chi connectivity index (χ4n) is 4.69. The van der Waals surface area contributed by atoms with Crippen LogP contribution in [0.1, 0.15) is 49.0 Å². The van der Waals surface area contributed by atoms with E-state index in [0.717, 1.165) is 38.5 Å². The van der Waals surface area contributed by atoms with Crippen LogP contribution in [0, 0.1) is 10.8 Å². The third kappa shape index (κ3) is 3.46. The van der Waals surface area contributed by atoms with Gasteiger partial charge in [0, 0.05) is 18.7 Å². The van der Waals surface area contributed by atoms with E-state index in [2.05, 4.69) is 20.7 Å². The van der Waals surface area contributed by atoms with Crippen molar-refractivity contribution in [2.45, 2.75) is 38.5 Å². The second-order valence-electron chi connectivity index (χ2n) is 8.20. The molecule has 3 aliphatic carbocycles. The smallest absolute Gasteiger partial charge is 0.356 e. The molecule has 0 aromatic carbocycles. The topological polar surface area (TPSA) is 124 Å². The van der Waals surface area contributed by atoms with Gasteiger partial charge in [-0.25, -0.2) is 14.6 Å². The molecule has 0 atom stereocenters. The van der Waals surface area contributed by atoms with Gasteiger partial charge >= 0.3 is 18.0 Å². The normalized spacial score (nSPS) is 25.0. The standard InChI is InChI=1S/C20H25N5O5/c1-29-16(26)13-11-15(25-14(23-13)3-10-22-25)24-18(28)21-12-19-4-7-20(8-5-19,9-6-19)17(27)30-2/h3,10-11H,4-9,12H2,1-2H3,(H2,21,24,28). The quantitative estimate of drug-likeness (QED) is 0.717. The number of amides is 2. The first-order valence-electron chi connectivity index (χ1n) is 9.97. The van der Waals surface area contributed by atoms with Crippen LogP contribution in [0.4, 0.5) is 10.6 Å². The lowest BCUT2D eigenvalue weighted by Crippen LogP contribution is -2.51.